The Hall–Kier alpha value is -6.96. The van der Waals surface area contributed by atoms with Crippen molar-refractivity contribution in [1.29, 1.82) is 5.26 Å². The molecule has 0 saturated carbocycles. The summed E-state index contributed by atoms with van der Waals surface area (Å²) in [7, 11) is -7.56. The third kappa shape index (κ3) is 17.6. The molecule has 0 heterocycles. The average Bonchev–Trinajstić information content (AvgIpc) is 3.39. The van der Waals surface area contributed by atoms with Crippen molar-refractivity contribution in [3.05, 3.63) is 190 Å². The zero-order valence-electron chi connectivity index (χ0n) is 41.6. The number of unbranched alkanes of at least 4 members (excludes halogenated alkanes) is 8. The lowest BCUT2D eigenvalue weighted by molar-refractivity contribution is -0.137. The molecule has 392 valence electrons. The second-order valence-corrected chi connectivity index (χ2v) is 21.9. The maximum absolute atomic E-state index is 13.7. The van der Waals surface area contributed by atoms with Crippen molar-refractivity contribution in [1.82, 2.24) is 0 Å². The lowest BCUT2D eigenvalue weighted by Crippen LogP contribution is -2.33. The molecular weight excluding hydrogens is 988 g/mol. The van der Waals surface area contributed by atoms with Crippen LogP contribution in [-0.4, -0.2) is 57.8 Å². The molecule has 0 unspecified atom stereocenters. The zero-order chi connectivity index (χ0) is 53.6. The van der Waals surface area contributed by atoms with Crippen LogP contribution < -0.4 is 9.62 Å². The molecule has 0 bridgehead atoms. The smallest absolute Gasteiger partial charge is 0.416 e. The molecule has 6 aromatic rings. The van der Waals surface area contributed by atoms with E-state index in [0.717, 1.165) is 117 Å². The van der Waals surface area contributed by atoms with Crippen molar-refractivity contribution in [2.75, 3.05) is 28.5 Å². The third-order valence-electron chi connectivity index (χ3n) is 12.5. The number of nitrogens with one attached hydrogen (secondary N) is 1. The average molecular weight is 1050 g/mol. The molecule has 0 fully saturated rings. The Kier molecular flexibility index (Phi) is 22.3. The molecule has 0 radical (unpaired) electrons. The maximum atomic E-state index is 13.7. The second-order valence-electron chi connectivity index (χ2n) is 17.9. The van der Waals surface area contributed by atoms with E-state index in [0.29, 0.717) is 36.9 Å². The predicted molar refractivity (Wildman–Crippen MR) is 284 cm³/mol. The summed E-state index contributed by atoms with van der Waals surface area (Å²) >= 11 is 0. The number of carbonyl (C=O) groups is 2. The number of carboxylic acid groups (broad SMARTS) is 2. The number of nitriles is 1. The van der Waals surface area contributed by atoms with Gasteiger partial charge in [0.25, 0.3) is 10.0 Å². The van der Waals surface area contributed by atoms with Crippen molar-refractivity contribution < 1.29 is 49.8 Å². The van der Waals surface area contributed by atoms with E-state index in [1.54, 1.807) is 48.5 Å². The number of hydrogen-bond acceptors (Lipinski definition) is 8. The van der Waals surface area contributed by atoms with E-state index in [-0.39, 0.29) is 33.2 Å². The second kappa shape index (κ2) is 28.5. The van der Waals surface area contributed by atoms with Crippen LogP contribution in [0.3, 0.4) is 0 Å². The molecule has 0 aliphatic heterocycles. The summed E-state index contributed by atoms with van der Waals surface area (Å²) in [5, 5.41) is 30.8. The molecule has 74 heavy (non-hydrogen) atoms. The number of sulfonamides is 1. The molecule has 0 aliphatic rings. The van der Waals surface area contributed by atoms with Crippen molar-refractivity contribution in [2.24, 2.45) is 0 Å². The Balaban J connectivity index is 0.000000274. The van der Waals surface area contributed by atoms with Gasteiger partial charge in [-0.05, 0) is 140 Å². The van der Waals surface area contributed by atoms with Gasteiger partial charge in [-0.2, -0.15) is 18.4 Å². The highest BCUT2D eigenvalue weighted by Gasteiger charge is 2.32. The normalized spacial score (nSPS) is 11.5. The number of aromatic carboxylic acids is 2. The van der Waals surface area contributed by atoms with E-state index < -0.39 is 43.5 Å². The number of para-hydroxylation sites is 2. The van der Waals surface area contributed by atoms with Crippen LogP contribution in [-0.2, 0) is 51.7 Å². The quantitative estimate of drug-likeness (QED) is 0.0420. The van der Waals surface area contributed by atoms with Crippen molar-refractivity contribution in [2.45, 2.75) is 113 Å². The third-order valence-corrected chi connectivity index (χ3v) is 16.2. The van der Waals surface area contributed by atoms with Crippen molar-refractivity contribution in [3.8, 4) is 6.07 Å². The minimum atomic E-state index is -4.56. The summed E-state index contributed by atoms with van der Waals surface area (Å²) in [6.45, 7) is 3.14. The molecule has 0 amide bonds. The SMILES string of the molecule is CCCCCCCN(c1ccccc1CCc1ccc(C(=O)O)cc1)S(=O)(=O)c1ccc(C(F)(F)F)cc1.N#Cc1ccccc1S(=O)(=O)CCCCCCCNc1ccccc1CCc1ccc(C(=O)O)cc1. The Morgan fingerprint density at radius 1 is 0.595 bits per heavy atom. The fourth-order valence-corrected chi connectivity index (χ4v) is 11.4. The highest BCUT2D eigenvalue weighted by molar-refractivity contribution is 7.93. The molecule has 11 nitrogen and oxygen atoms in total. The first-order valence-corrected chi connectivity index (χ1v) is 28.0. The van der Waals surface area contributed by atoms with Gasteiger partial charge < -0.3 is 15.5 Å². The lowest BCUT2D eigenvalue weighted by atomic mass is 10.0. The number of benzene rings is 6. The van der Waals surface area contributed by atoms with E-state index in [4.69, 9.17) is 15.5 Å². The number of aryl methyl sites for hydroxylation is 4. The van der Waals surface area contributed by atoms with Crippen LogP contribution in [0.2, 0.25) is 0 Å². The fraction of sp³-hybridized carbons (Fsp3) is 0.328. The van der Waals surface area contributed by atoms with Crippen LogP contribution in [0.1, 0.15) is 125 Å². The first-order chi connectivity index (χ1) is 35.4. The maximum Gasteiger partial charge on any atom is 0.416 e. The number of halogens is 3. The molecule has 0 spiro atoms. The van der Waals surface area contributed by atoms with Gasteiger partial charge in [-0.1, -0.05) is 125 Å². The fourth-order valence-electron chi connectivity index (χ4n) is 8.35. The highest BCUT2D eigenvalue weighted by Crippen LogP contribution is 2.33. The van der Waals surface area contributed by atoms with Gasteiger partial charge in [0.15, 0.2) is 9.84 Å². The van der Waals surface area contributed by atoms with Gasteiger partial charge in [0.1, 0.15) is 6.07 Å². The molecule has 0 aromatic heterocycles. The summed E-state index contributed by atoms with van der Waals surface area (Å²) in [4.78, 5) is 22.1. The molecule has 6 aromatic carbocycles. The number of carboxylic acids is 2. The van der Waals surface area contributed by atoms with Gasteiger partial charge in [0.2, 0.25) is 0 Å². The summed E-state index contributed by atoms with van der Waals surface area (Å²) in [6.07, 6.45) is 7.10. The predicted octanol–water partition coefficient (Wildman–Crippen LogP) is 13.2. The van der Waals surface area contributed by atoms with Gasteiger partial charge in [-0.3, -0.25) is 4.31 Å². The minimum absolute atomic E-state index is 0.0658. The van der Waals surface area contributed by atoms with Crippen LogP contribution in [0.15, 0.2) is 155 Å². The van der Waals surface area contributed by atoms with Crippen LogP contribution in [0.5, 0.6) is 0 Å². The number of anilines is 2. The van der Waals surface area contributed by atoms with E-state index >= 15 is 0 Å². The largest absolute Gasteiger partial charge is 0.478 e. The molecule has 0 aliphatic carbocycles. The van der Waals surface area contributed by atoms with E-state index in [9.17, 15) is 39.6 Å². The first-order valence-electron chi connectivity index (χ1n) is 24.9. The summed E-state index contributed by atoms with van der Waals surface area (Å²) in [6, 6.07) is 40.8. The van der Waals surface area contributed by atoms with E-state index in [1.807, 2.05) is 42.5 Å². The Morgan fingerprint density at radius 2 is 1.11 bits per heavy atom. The summed E-state index contributed by atoms with van der Waals surface area (Å²) in [5.41, 5.74) is 5.40. The number of rotatable bonds is 27. The minimum Gasteiger partial charge on any atom is -0.478 e. The summed E-state index contributed by atoms with van der Waals surface area (Å²) in [5.74, 6) is -1.86. The van der Waals surface area contributed by atoms with Gasteiger partial charge in [0.05, 0.1) is 43.5 Å². The Morgan fingerprint density at radius 3 is 1.70 bits per heavy atom. The molecule has 6 rings (SSSR count). The topological polar surface area (TPSA) is 182 Å². The van der Waals surface area contributed by atoms with Crippen LogP contribution in [0.25, 0.3) is 0 Å². The van der Waals surface area contributed by atoms with Crippen molar-refractivity contribution >= 4 is 43.2 Å². The number of nitrogens with zero attached hydrogens (tertiary/aromatic N) is 2. The Labute approximate surface area is 433 Å². The molecule has 16 heteroatoms. The number of hydrogen-bond donors (Lipinski definition) is 3. The number of alkyl halides is 3. The molecule has 0 saturated heterocycles. The van der Waals surface area contributed by atoms with Gasteiger partial charge in [0, 0.05) is 18.8 Å². The van der Waals surface area contributed by atoms with Gasteiger partial charge >= 0.3 is 18.1 Å². The zero-order valence-corrected chi connectivity index (χ0v) is 43.2. The van der Waals surface area contributed by atoms with E-state index in [2.05, 4.69) is 24.4 Å². The van der Waals surface area contributed by atoms with Crippen LogP contribution >= 0.6 is 0 Å². The number of sulfone groups is 1. The van der Waals surface area contributed by atoms with Crippen molar-refractivity contribution in [3.63, 3.8) is 0 Å². The Bertz CT molecular complexity index is 3010. The molecular formula is C58H64F3N3O8S2. The summed E-state index contributed by atoms with van der Waals surface area (Å²) < 4.78 is 93.0. The van der Waals surface area contributed by atoms with E-state index in [1.165, 1.54) is 34.1 Å². The van der Waals surface area contributed by atoms with Crippen LogP contribution in [0.4, 0.5) is 24.5 Å². The van der Waals surface area contributed by atoms with Gasteiger partial charge in [-0.15, -0.1) is 0 Å². The monoisotopic (exact) mass is 1050 g/mol. The molecule has 3 N–H and O–H groups in total. The van der Waals surface area contributed by atoms with Crippen LogP contribution in [0, 0.1) is 11.3 Å². The standard InChI is InChI=1S/C29H32F3NO4S.C29H32N2O4S/c1-2-3-4-5-8-21-33(38(36,37)26-19-17-25(18-20-26)29(30,31)32)27-10-7-6-9-23(27)14-11-22-12-15-24(16-13-22)28(34)35;30-22-26-11-5-7-13-28(26)36(34,35)21-9-3-1-2-8-20-31-27-12-6-4-10-24(27)17-14-23-15-18-25(19-16-23)29(32)33/h6-7,9-10,12-13,15-20H,2-5,8,11,14,21H2,1H3,(H,34,35);4-7,10-13,15-16,18-19,31H,1-3,8-9,14,17,20-21H2,(H,32,33). The highest BCUT2D eigenvalue weighted by atomic mass is 32.2. The lowest BCUT2D eigenvalue weighted by Gasteiger charge is -2.27. The molecule has 0 atom stereocenters. The first kappa shape index (κ1) is 57.9. The van der Waals surface area contributed by atoms with Gasteiger partial charge in [-0.25, -0.2) is 26.4 Å².